The van der Waals surface area contributed by atoms with Crippen molar-refractivity contribution in [2.45, 2.75) is 31.2 Å². The fourth-order valence-corrected chi connectivity index (χ4v) is 2.88. The van der Waals surface area contributed by atoms with Crippen molar-refractivity contribution >= 4 is 29.5 Å². The van der Waals surface area contributed by atoms with Crippen molar-refractivity contribution in [1.82, 2.24) is 10.2 Å². The van der Waals surface area contributed by atoms with Crippen molar-refractivity contribution < 1.29 is 19.1 Å². The van der Waals surface area contributed by atoms with Crippen molar-refractivity contribution in [1.29, 1.82) is 5.26 Å². The zero-order chi connectivity index (χ0) is 20.6. The molecule has 0 spiro atoms. The average molecular weight is 391 g/mol. The Morgan fingerprint density at radius 3 is 2.48 bits per heavy atom. The molecule has 1 aromatic carbocycles. The number of hydrogen-bond acceptors (Lipinski definition) is 6. The molecule has 0 aliphatic carbocycles. The highest BCUT2D eigenvalue weighted by Gasteiger charge is 2.30. The molecule has 0 fully saturated rings. The van der Waals surface area contributed by atoms with Crippen molar-refractivity contribution in [3.8, 4) is 6.07 Å². The molecule has 0 aromatic heterocycles. The quantitative estimate of drug-likeness (QED) is 0.538. The Morgan fingerprint density at radius 2 is 1.93 bits per heavy atom. The maximum absolute atomic E-state index is 12.3. The molecule has 146 valence electrons. The summed E-state index contributed by atoms with van der Waals surface area (Å²) in [5.74, 6) is -1.20. The van der Waals surface area contributed by atoms with Crippen LogP contribution in [0.4, 0.5) is 0 Å². The molecular formula is C19H25N3O4S. The largest absolute Gasteiger partial charge is 0.452 e. The lowest BCUT2D eigenvalue weighted by Crippen LogP contribution is -2.50. The summed E-state index contributed by atoms with van der Waals surface area (Å²) in [6.45, 7) is 4.76. The van der Waals surface area contributed by atoms with Gasteiger partial charge in [0.2, 0.25) is 5.91 Å². The number of benzene rings is 1. The minimum Gasteiger partial charge on any atom is -0.452 e. The predicted molar refractivity (Wildman–Crippen MR) is 103 cm³/mol. The molecule has 0 saturated carbocycles. The van der Waals surface area contributed by atoms with Crippen LogP contribution in [0.15, 0.2) is 29.2 Å². The molecule has 0 radical (unpaired) electrons. The second kappa shape index (κ2) is 9.97. The van der Waals surface area contributed by atoms with Gasteiger partial charge in [-0.05, 0) is 25.0 Å². The maximum Gasteiger partial charge on any atom is 0.339 e. The standard InChI is InChI=1S/C19H25N3O4S/c1-13(2)19(3,12-20)21-16(23)10-26-18(25)14-8-6-7-9-15(14)27-11-17(24)22(4)5/h6-9,13H,10-11H2,1-5H3,(H,21,23). The summed E-state index contributed by atoms with van der Waals surface area (Å²) < 4.78 is 5.09. The molecule has 0 aliphatic rings. The van der Waals surface area contributed by atoms with Crippen LogP contribution in [-0.2, 0) is 14.3 Å². The fraction of sp³-hybridized carbons (Fsp3) is 0.474. The van der Waals surface area contributed by atoms with E-state index < -0.39 is 24.0 Å². The molecule has 0 heterocycles. The minimum absolute atomic E-state index is 0.0768. The molecule has 0 saturated heterocycles. The summed E-state index contributed by atoms with van der Waals surface area (Å²) in [4.78, 5) is 38.2. The first-order valence-electron chi connectivity index (χ1n) is 8.42. The number of esters is 1. The molecule has 1 aromatic rings. The van der Waals surface area contributed by atoms with E-state index in [0.717, 1.165) is 0 Å². The van der Waals surface area contributed by atoms with Gasteiger partial charge in [0.15, 0.2) is 6.61 Å². The highest BCUT2D eigenvalue weighted by molar-refractivity contribution is 8.00. The Labute approximate surface area is 164 Å². The lowest BCUT2D eigenvalue weighted by atomic mass is 9.90. The van der Waals surface area contributed by atoms with Crippen LogP contribution in [0, 0.1) is 17.2 Å². The van der Waals surface area contributed by atoms with Gasteiger partial charge < -0.3 is 15.0 Å². The van der Waals surface area contributed by atoms with E-state index in [1.54, 1.807) is 45.3 Å². The van der Waals surface area contributed by atoms with E-state index >= 15 is 0 Å². The average Bonchev–Trinajstić information content (AvgIpc) is 2.63. The highest BCUT2D eigenvalue weighted by atomic mass is 32.2. The zero-order valence-corrected chi connectivity index (χ0v) is 17.1. The maximum atomic E-state index is 12.3. The Morgan fingerprint density at radius 1 is 1.30 bits per heavy atom. The van der Waals surface area contributed by atoms with Gasteiger partial charge in [0.05, 0.1) is 17.4 Å². The van der Waals surface area contributed by atoms with Crippen LogP contribution in [0.5, 0.6) is 0 Å². The molecular weight excluding hydrogens is 366 g/mol. The molecule has 1 N–H and O–H groups in total. The van der Waals surface area contributed by atoms with Crippen LogP contribution < -0.4 is 5.32 Å². The summed E-state index contributed by atoms with van der Waals surface area (Å²) in [6, 6.07) is 8.80. The first-order chi connectivity index (χ1) is 12.6. The highest BCUT2D eigenvalue weighted by Crippen LogP contribution is 2.23. The summed E-state index contributed by atoms with van der Waals surface area (Å²) in [5, 5.41) is 11.8. The van der Waals surface area contributed by atoms with Crippen molar-refractivity contribution in [2.24, 2.45) is 5.92 Å². The van der Waals surface area contributed by atoms with Crippen molar-refractivity contribution in [2.75, 3.05) is 26.5 Å². The predicted octanol–water partition coefficient (Wildman–Crippen LogP) is 2.08. The molecule has 27 heavy (non-hydrogen) atoms. The Bertz CT molecular complexity index is 743. The first kappa shape index (κ1) is 22.5. The third-order valence-corrected chi connectivity index (χ3v) is 5.14. The van der Waals surface area contributed by atoms with Gasteiger partial charge in [-0.3, -0.25) is 9.59 Å². The van der Waals surface area contributed by atoms with E-state index in [2.05, 4.69) is 11.4 Å². The van der Waals surface area contributed by atoms with E-state index in [9.17, 15) is 19.6 Å². The molecule has 8 heteroatoms. The smallest absolute Gasteiger partial charge is 0.339 e. The fourth-order valence-electron chi connectivity index (χ4n) is 1.87. The summed E-state index contributed by atoms with van der Waals surface area (Å²) >= 11 is 1.23. The van der Waals surface area contributed by atoms with Crippen LogP contribution in [0.1, 0.15) is 31.1 Å². The van der Waals surface area contributed by atoms with Crippen LogP contribution in [0.25, 0.3) is 0 Å². The topological polar surface area (TPSA) is 99.5 Å². The van der Waals surface area contributed by atoms with Gasteiger partial charge >= 0.3 is 5.97 Å². The number of nitriles is 1. The third-order valence-electron chi connectivity index (χ3n) is 4.08. The van der Waals surface area contributed by atoms with Crippen LogP contribution in [0.2, 0.25) is 0 Å². The van der Waals surface area contributed by atoms with E-state index in [1.165, 1.54) is 16.7 Å². The first-order valence-corrected chi connectivity index (χ1v) is 9.40. The zero-order valence-electron chi connectivity index (χ0n) is 16.2. The lowest BCUT2D eigenvalue weighted by Gasteiger charge is -2.27. The Hall–Kier alpha value is -2.53. The van der Waals surface area contributed by atoms with Gasteiger partial charge in [-0.1, -0.05) is 26.0 Å². The van der Waals surface area contributed by atoms with E-state index in [1.807, 2.05) is 13.8 Å². The van der Waals surface area contributed by atoms with Crippen LogP contribution >= 0.6 is 11.8 Å². The van der Waals surface area contributed by atoms with Crippen molar-refractivity contribution in [3.63, 3.8) is 0 Å². The Balaban J connectivity index is 2.72. The lowest BCUT2D eigenvalue weighted by molar-refractivity contribution is -0.126. The Kier molecular flexibility index (Phi) is 8.32. The monoisotopic (exact) mass is 391 g/mol. The van der Waals surface area contributed by atoms with Crippen molar-refractivity contribution in [3.05, 3.63) is 29.8 Å². The van der Waals surface area contributed by atoms with E-state index in [4.69, 9.17) is 4.74 Å². The number of hydrogen-bond donors (Lipinski definition) is 1. The number of thioether (sulfide) groups is 1. The molecule has 0 bridgehead atoms. The van der Waals surface area contributed by atoms with Gasteiger partial charge in [-0.2, -0.15) is 5.26 Å². The van der Waals surface area contributed by atoms with Gasteiger partial charge in [0.25, 0.3) is 5.91 Å². The number of carbonyl (C=O) groups is 3. The van der Waals surface area contributed by atoms with Gasteiger partial charge in [0, 0.05) is 19.0 Å². The number of carbonyl (C=O) groups excluding carboxylic acids is 3. The summed E-state index contributed by atoms with van der Waals surface area (Å²) in [7, 11) is 3.32. The number of nitrogens with zero attached hydrogens (tertiary/aromatic N) is 2. The van der Waals surface area contributed by atoms with Crippen LogP contribution in [0.3, 0.4) is 0 Å². The second-order valence-electron chi connectivity index (χ2n) is 6.67. The molecule has 1 unspecified atom stereocenters. The molecule has 1 rings (SSSR count). The van der Waals surface area contributed by atoms with Gasteiger partial charge in [-0.15, -0.1) is 11.8 Å². The normalized spacial score (nSPS) is 12.6. The summed E-state index contributed by atoms with van der Waals surface area (Å²) in [5.41, 5.74) is -0.752. The molecule has 0 aliphatic heterocycles. The van der Waals surface area contributed by atoms with Gasteiger partial charge in [0.1, 0.15) is 5.54 Å². The molecule has 2 amide bonds. The molecule has 7 nitrogen and oxygen atoms in total. The SMILES string of the molecule is CC(C)C(C)(C#N)NC(=O)COC(=O)c1ccccc1SCC(=O)N(C)C. The van der Waals surface area contributed by atoms with E-state index in [-0.39, 0.29) is 23.1 Å². The second-order valence-corrected chi connectivity index (χ2v) is 7.68. The third kappa shape index (κ3) is 6.61. The number of rotatable bonds is 8. The van der Waals surface area contributed by atoms with Crippen LogP contribution in [-0.4, -0.2) is 54.7 Å². The summed E-state index contributed by atoms with van der Waals surface area (Å²) in [6.07, 6.45) is 0. The minimum atomic E-state index is -1.04. The molecule has 1 atom stereocenters. The van der Waals surface area contributed by atoms with E-state index in [0.29, 0.717) is 4.90 Å². The number of nitrogens with one attached hydrogen (secondary N) is 1. The number of amides is 2. The number of ether oxygens (including phenoxy) is 1. The van der Waals surface area contributed by atoms with Gasteiger partial charge in [-0.25, -0.2) is 4.79 Å².